The number of hydrogen-bond donors (Lipinski definition) is 1. The number of nitrogens with one attached hydrogen (secondary N) is 1. The largest absolute Gasteiger partial charge is 0.343 e. The highest BCUT2D eigenvalue weighted by Gasteiger charge is 2.13. The molecule has 1 amide bonds. The molecule has 16 heavy (non-hydrogen) atoms. The zero-order valence-electron chi connectivity index (χ0n) is 9.64. The van der Waals surface area contributed by atoms with Crippen LogP contribution in [0.15, 0.2) is 30.3 Å². The summed E-state index contributed by atoms with van der Waals surface area (Å²) in [5.74, 6) is 0.185. The van der Waals surface area contributed by atoms with Gasteiger partial charge in [-0.2, -0.15) is 0 Å². The third-order valence-electron chi connectivity index (χ3n) is 2.24. The van der Waals surface area contributed by atoms with Crippen molar-refractivity contribution in [3.63, 3.8) is 0 Å². The number of amides is 1. The van der Waals surface area contributed by atoms with E-state index in [1.807, 2.05) is 19.9 Å². The van der Waals surface area contributed by atoms with Gasteiger partial charge in [0.2, 0.25) is 0 Å². The van der Waals surface area contributed by atoms with Gasteiger partial charge in [-0.3, -0.25) is 4.79 Å². The first kappa shape index (κ1) is 12.4. The molecule has 0 saturated heterocycles. The van der Waals surface area contributed by atoms with Crippen molar-refractivity contribution in [1.82, 2.24) is 5.32 Å². The van der Waals surface area contributed by atoms with Crippen molar-refractivity contribution in [2.75, 3.05) is 0 Å². The van der Waals surface area contributed by atoms with Gasteiger partial charge >= 0.3 is 0 Å². The Morgan fingerprint density at radius 2 is 1.94 bits per heavy atom. The summed E-state index contributed by atoms with van der Waals surface area (Å²) in [4.78, 5) is 22.5. The van der Waals surface area contributed by atoms with Gasteiger partial charge in [-0.05, 0) is 24.5 Å². The second-order valence-electron chi connectivity index (χ2n) is 4.21. The van der Waals surface area contributed by atoms with Gasteiger partial charge < -0.3 is 10.1 Å². The van der Waals surface area contributed by atoms with Crippen molar-refractivity contribution in [3.8, 4) is 0 Å². The lowest BCUT2D eigenvalue weighted by molar-refractivity contribution is -0.109. The topological polar surface area (TPSA) is 46.2 Å². The Morgan fingerprint density at radius 1 is 1.31 bits per heavy atom. The smallest absolute Gasteiger partial charge is 0.251 e. The van der Waals surface area contributed by atoms with Crippen LogP contribution in [-0.2, 0) is 4.79 Å². The average molecular weight is 219 g/mol. The average Bonchev–Trinajstić information content (AvgIpc) is 2.28. The summed E-state index contributed by atoms with van der Waals surface area (Å²) in [6, 6.07) is 8.51. The SMILES string of the molecule is CC(C)C[C@@H](C=O)NC(=O)c1ccccc1. The van der Waals surface area contributed by atoms with E-state index in [-0.39, 0.29) is 5.91 Å². The number of carbonyl (C=O) groups is 2. The van der Waals surface area contributed by atoms with Crippen molar-refractivity contribution in [3.05, 3.63) is 35.9 Å². The fourth-order valence-corrected chi connectivity index (χ4v) is 1.50. The van der Waals surface area contributed by atoms with Crippen molar-refractivity contribution >= 4 is 12.2 Å². The standard InChI is InChI=1S/C13H17NO2/c1-10(2)8-12(9-15)14-13(16)11-6-4-3-5-7-11/h3-7,9-10,12H,8H2,1-2H3,(H,14,16)/t12-/m0/s1. The summed E-state index contributed by atoms with van der Waals surface area (Å²) >= 11 is 0. The Bertz CT molecular complexity index is 346. The first-order chi connectivity index (χ1) is 7.63. The number of hydrogen-bond acceptors (Lipinski definition) is 2. The van der Waals surface area contributed by atoms with Gasteiger partial charge in [0.25, 0.3) is 5.91 Å². The first-order valence-electron chi connectivity index (χ1n) is 5.44. The van der Waals surface area contributed by atoms with E-state index in [9.17, 15) is 9.59 Å². The van der Waals surface area contributed by atoms with Gasteiger partial charge in [0.1, 0.15) is 6.29 Å². The minimum absolute atomic E-state index is 0.196. The molecule has 0 aliphatic heterocycles. The van der Waals surface area contributed by atoms with E-state index >= 15 is 0 Å². The van der Waals surface area contributed by atoms with Crippen LogP contribution in [0, 0.1) is 5.92 Å². The molecule has 1 rings (SSSR count). The molecule has 0 spiro atoms. The van der Waals surface area contributed by atoms with Crippen LogP contribution in [0.2, 0.25) is 0 Å². The molecule has 0 unspecified atom stereocenters. The highest BCUT2D eigenvalue weighted by molar-refractivity contribution is 5.95. The number of rotatable bonds is 5. The van der Waals surface area contributed by atoms with Gasteiger partial charge in [-0.25, -0.2) is 0 Å². The lowest BCUT2D eigenvalue weighted by Gasteiger charge is -2.14. The van der Waals surface area contributed by atoms with E-state index in [1.54, 1.807) is 24.3 Å². The van der Waals surface area contributed by atoms with Crippen molar-refractivity contribution in [2.24, 2.45) is 5.92 Å². The fourth-order valence-electron chi connectivity index (χ4n) is 1.50. The Labute approximate surface area is 95.9 Å². The molecule has 0 bridgehead atoms. The van der Waals surface area contributed by atoms with Crippen LogP contribution in [0.3, 0.4) is 0 Å². The van der Waals surface area contributed by atoms with Crippen LogP contribution in [0.5, 0.6) is 0 Å². The van der Waals surface area contributed by atoms with Gasteiger partial charge in [0.05, 0.1) is 6.04 Å². The molecule has 1 aromatic carbocycles. The number of aldehydes is 1. The molecule has 1 N–H and O–H groups in total. The Balaban J connectivity index is 2.59. The zero-order chi connectivity index (χ0) is 12.0. The highest BCUT2D eigenvalue weighted by atomic mass is 16.2. The molecule has 0 fully saturated rings. The molecule has 0 aliphatic carbocycles. The van der Waals surface area contributed by atoms with Gasteiger partial charge in [-0.15, -0.1) is 0 Å². The van der Waals surface area contributed by atoms with Crippen LogP contribution in [0.1, 0.15) is 30.6 Å². The second kappa shape index (κ2) is 6.05. The fraction of sp³-hybridized carbons (Fsp3) is 0.385. The van der Waals surface area contributed by atoms with Gasteiger partial charge in [0, 0.05) is 5.56 Å². The predicted molar refractivity (Wildman–Crippen MR) is 63.2 cm³/mol. The lowest BCUT2D eigenvalue weighted by Crippen LogP contribution is -2.36. The number of benzene rings is 1. The maximum Gasteiger partial charge on any atom is 0.251 e. The van der Waals surface area contributed by atoms with Crippen LogP contribution in [0.4, 0.5) is 0 Å². The monoisotopic (exact) mass is 219 g/mol. The highest BCUT2D eigenvalue weighted by Crippen LogP contribution is 2.04. The molecular weight excluding hydrogens is 202 g/mol. The van der Waals surface area contributed by atoms with E-state index in [2.05, 4.69) is 5.32 Å². The maximum absolute atomic E-state index is 11.7. The van der Waals surface area contributed by atoms with Crippen LogP contribution in [-0.4, -0.2) is 18.2 Å². The molecule has 0 aromatic heterocycles. The van der Waals surface area contributed by atoms with Crippen molar-refractivity contribution in [1.29, 1.82) is 0 Å². The normalized spacial score (nSPS) is 12.2. The minimum atomic E-state index is -0.396. The predicted octanol–water partition coefficient (Wildman–Crippen LogP) is 2.03. The Morgan fingerprint density at radius 3 is 2.44 bits per heavy atom. The van der Waals surface area contributed by atoms with E-state index in [0.717, 1.165) is 6.29 Å². The van der Waals surface area contributed by atoms with Crippen molar-refractivity contribution < 1.29 is 9.59 Å². The summed E-state index contributed by atoms with van der Waals surface area (Å²) in [6.45, 7) is 4.04. The zero-order valence-corrected chi connectivity index (χ0v) is 9.64. The summed E-state index contributed by atoms with van der Waals surface area (Å²) < 4.78 is 0. The third-order valence-corrected chi connectivity index (χ3v) is 2.24. The van der Waals surface area contributed by atoms with Crippen LogP contribution < -0.4 is 5.32 Å². The second-order valence-corrected chi connectivity index (χ2v) is 4.21. The molecule has 1 aromatic rings. The maximum atomic E-state index is 11.7. The Hall–Kier alpha value is -1.64. The minimum Gasteiger partial charge on any atom is -0.343 e. The van der Waals surface area contributed by atoms with E-state index in [4.69, 9.17) is 0 Å². The quantitative estimate of drug-likeness (QED) is 0.770. The van der Waals surface area contributed by atoms with E-state index < -0.39 is 6.04 Å². The molecule has 3 heteroatoms. The molecule has 86 valence electrons. The van der Waals surface area contributed by atoms with Crippen LogP contribution >= 0.6 is 0 Å². The molecule has 0 radical (unpaired) electrons. The molecule has 1 atom stereocenters. The summed E-state index contributed by atoms with van der Waals surface area (Å²) in [7, 11) is 0. The van der Waals surface area contributed by atoms with Gasteiger partial charge in [-0.1, -0.05) is 32.0 Å². The van der Waals surface area contributed by atoms with E-state index in [1.165, 1.54) is 0 Å². The van der Waals surface area contributed by atoms with E-state index in [0.29, 0.717) is 17.9 Å². The first-order valence-corrected chi connectivity index (χ1v) is 5.44. The summed E-state index contributed by atoms with van der Waals surface area (Å²) in [5, 5.41) is 2.71. The number of carbonyl (C=O) groups excluding carboxylic acids is 2. The molecule has 0 heterocycles. The van der Waals surface area contributed by atoms with Crippen molar-refractivity contribution in [2.45, 2.75) is 26.3 Å². The molecule has 3 nitrogen and oxygen atoms in total. The van der Waals surface area contributed by atoms with Gasteiger partial charge in [0.15, 0.2) is 0 Å². The Kier molecular flexibility index (Phi) is 4.70. The third kappa shape index (κ3) is 3.85. The lowest BCUT2D eigenvalue weighted by atomic mass is 10.0. The molecular formula is C13H17NO2. The summed E-state index contributed by atoms with van der Waals surface area (Å²) in [6.07, 6.45) is 1.46. The summed E-state index contributed by atoms with van der Waals surface area (Å²) in [5.41, 5.74) is 0.582. The molecule has 0 aliphatic rings. The molecule has 0 saturated carbocycles. The van der Waals surface area contributed by atoms with Crippen LogP contribution in [0.25, 0.3) is 0 Å².